The van der Waals surface area contributed by atoms with Crippen LogP contribution in [0.5, 0.6) is 0 Å². The third-order valence-corrected chi connectivity index (χ3v) is 1.98. The lowest BCUT2D eigenvalue weighted by atomic mass is 10.3. The lowest BCUT2D eigenvalue weighted by Gasteiger charge is -2.15. The Morgan fingerprint density at radius 1 is 1.57 bits per heavy atom. The van der Waals surface area contributed by atoms with Crippen molar-refractivity contribution < 1.29 is 4.79 Å². The molecular formula is C10H15N3O. The molecule has 1 rings (SSSR count). The maximum Gasteiger partial charge on any atom is 0.321 e. The van der Waals surface area contributed by atoms with Crippen LogP contribution in [0.25, 0.3) is 0 Å². The number of hydrogen-bond donors (Lipinski definition) is 1. The zero-order chi connectivity index (χ0) is 10.6. The monoisotopic (exact) mass is 193 g/mol. The van der Waals surface area contributed by atoms with Crippen LogP contribution < -0.4 is 5.32 Å². The molecule has 0 aliphatic heterocycles. The fourth-order valence-corrected chi connectivity index (χ4v) is 0.904. The Morgan fingerprint density at radius 2 is 2.29 bits per heavy atom. The van der Waals surface area contributed by atoms with Gasteiger partial charge in [0.1, 0.15) is 0 Å². The molecule has 0 radical (unpaired) electrons. The number of aryl methyl sites for hydroxylation is 1. The summed E-state index contributed by atoms with van der Waals surface area (Å²) < 4.78 is 0. The molecule has 0 saturated carbocycles. The second-order valence-electron chi connectivity index (χ2n) is 3.13. The van der Waals surface area contributed by atoms with Crippen LogP contribution in [0.2, 0.25) is 0 Å². The van der Waals surface area contributed by atoms with Crippen molar-refractivity contribution >= 4 is 11.7 Å². The molecule has 0 aliphatic carbocycles. The first kappa shape index (κ1) is 10.5. The fraction of sp³-hybridized carbons (Fsp3) is 0.400. The minimum atomic E-state index is -0.113. The van der Waals surface area contributed by atoms with Gasteiger partial charge in [0, 0.05) is 19.3 Å². The Kier molecular flexibility index (Phi) is 3.45. The average Bonchev–Trinajstić information content (AvgIpc) is 2.20. The summed E-state index contributed by atoms with van der Waals surface area (Å²) in [6.45, 7) is 4.52. The summed E-state index contributed by atoms with van der Waals surface area (Å²) in [6, 6.07) is 3.59. The van der Waals surface area contributed by atoms with Gasteiger partial charge in [0.2, 0.25) is 0 Å². The van der Waals surface area contributed by atoms with Crippen LogP contribution in [-0.4, -0.2) is 29.5 Å². The summed E-state index contributed by atoms with van der Waals surface area (Å²) in [4.78, 5) is 17.1. The van der Waals surface area contributed by atoms with Crippen LogP contribution in [0.1, 0.15) is 12.6 Å². The Balaban J connectivity index is 2.60. The summed E-state index contributed by atoms with van der Waals surface area (Å²) in [5.41, 5.74) is 1.66. The lowest BCUT2D eigenvalue weighted by molar-refractivity contribution is 0.224. The fourth-order valence-electron chi connectivity index (χ4n) is 0.904. The third kappa shape index (κ3) is 2.73. The van der Waals surface area contributed by atoms with Crippen LogP contribution >= 0.6 is 0 Å². The molecule has 4 heteroatoms. The van der Waals surface area contributed by atoms with Crippen LogP contribution in [0.3, 0.4) is 0 Å². The first-order valence-corrected chi connectivity index (χ1v) is 4.58. The molecule has 0 unspecified atom stereocenters. The first-order chi connectivity index (χ1) is 6.63. The highest BCUT2D eigenvalue weighted by Crippen LogP contribution is 2.05. The number of nitrogens with one attached hydrogen (secondary N) is 1. The molecule has 0 spiro atoms. The van der Waals surface area contributed by atoms with Gasteiger partial charge in [-0.15, -0.1) is 0 Å². The number of aromatic nitrogens is 1. The van der Waals surface area contributed by atoms with Gasteiger partial charge >= 0.3 is 6.03 Å². The SMILES string of the molecule is CCN(C)C(=O)Nc1ccc(C)nc1. The molecule has 14 heavy (non-hydrogen) atoms. The van der Waals surface area contributed by atoms with Gasteiger partial charge in [-0.05, 0) is 26.0 Å². The molecule has 0 bridgehead atoms. The second kappa shape index (κ2) is 4.60. The summed E-state index contributed by atoms with van der Waals surface area (Å²) in [5, 5.41) is 2.74. The molecule has 76 valence electrons. The Labute approximate surface area is 83.9 Å². The van der Waals surface area contributed by atoms with E-state index >= 15 is 0 Å². The van der Waals surface area contributed by atoms with E-state index in [9.17, 15) is 4.79 Å². The van der Waals surface area contributed by atoms with Crippen molar-refractivity contribution in [2.24, 2.45) is 0 Å². The zero-order valence-corrected chi connectivity index (χ0v) is 8.74. The number of carbonyl (C=O) groups is 1. The van der Waals surface area contributed by atoms with Gasteiger partial charge in [-0.2, -0.15) is 0 Å². The lowest BCUT2D eigenvalue weighted by Crippen LogP contribution is -2.30. The van der Waals surface area contributed by atoms with Crippen molar-refractivity contribution in [3.63, 3.8) is 0 Å². The summed E-state index contributed by atoms with van der Waals surface area (Å²) >= 11 is 0. The largest absolute Gasteiger partial charge is 0.328 e. The summed E-state index contributed by atoms with van der Waals surface area (Å²) in [6.07, 6.45) is 1.65. The Bertz CT molecular complexity index is 308. The predicted molar refractivity (Wildman–Crippen MR) is 56.3 cm³/mol. The highest BCUT2D eigenvalue weighted by atomic mass is 16.2. The van der Waals surface area contributed by atoms with E-state index in [0.717, 1.165) is 11.4 Å². The number of urea groups is 1. The van der Waals surface area contributed by atoms with Gasteiger partial charge in [0.05, 0.1) is 11.9 Å². The smallest absolute Gasteiger partial charge is 0.321 e. The molecule has 0 saturated heterocycles. The number of carbonyl (C=O) groups excluding carboxylic acids is 1. The number of nitrogens with zero attached hydrogens (tertiary/aromatic N) is 2. The molecule has 1 heterocycles. The molecule has 2 amide bonds. The van der Waals surface area contributed by atoms with Crippen molar-refractivity contribution in [1.82, 2.24) is 9.88 Å². The number of anilines is 1. The second-order valence-corrected chi connectivity index (χ2v) is 3.13. The van der Waals surface area contributed by atoms with Crippen LogP contribution in [0.4, 0.5) is 10.5 Å². The van der Waals surface area contributed by atoms with E-state index in [0.29, 0.717) is 6.54 Å². The number of pyridine rings is 1. The number of hydrogen-bond acceptors (Lipinski definition) is 2. The number of rotatable bonds is 2. The molecule has 1 aromatic rings. The predicted octanol–water partition coefficient (Wildman–Crippen LogP) is 1.87. The van der Waals surface area contributed by atoms with Crippen molar-refractivity contribution in [2.75, 3.05) is 18.9 Å². The van der Waals surface area contributed by atoms with Crippen LogP contribution in [-0.2, 0) is 0 Å². The van der Waals surface area contributed by atoms with Crippen LogP contribution in [0, 0.1) is 6.92 Å². The molecule has 4 nitrogen and oxygen atoms in total. The standard InChI is InChI=1S/C10H15N3O/c1-4-13(3)10(14)12-9-6-5-8(2)11-7-9/h5-7H,4H2,1-3H3,(H,12,14). The van der Waals surface area contributed by atoms with Gasteiger partial charge in [-0.1, -0.05) is 0 Å². The van der Waals surface area contributed by atoms with Gasteiger partial charge in [-0.25, -0.2) is 4.79 Å². The van der Waals surface area contributed by atoms with E-state index in [1.165, 1.54) is 0 Å². The van der Waals surface area contributed by atoms with E-state index in [4.69, 9.17) is 0 Å². The molecule has 0 aromatic carbocycles. The van der Waals surface area contributed by atoms with E-state index < -0.39 is 0 Å². The van der Waals surface area contributed by atoms with Crippen LogP contribution in [0.15, 0.2) is 18.3 Å². The minimum Gasteiger partial charge on any atom is -0.328 e. The summed E-state index contributed by atoms with van der Waals surface area (Å²) in [5.74, 6) is 0. The minimum absolute atomic E-state index is 0.113. The van der Waals surface area contributed by atoms with Gasteiger partial charge in [0.15, 0.2) is 0 Å². The molecule has 0 atom stereocenters. The van der Waals surface area contributed by atoms with Crippen molar-refractivity contribution in [3.8, 4) is 0 Å². The highest BCUT2D eigenvalue weighted by molar-refractivity contribution is 5.88. The van der Waals surface area contributed by atoms with Gasteiger partial charge < -0.3 is 10.2 Å². The third-order valence-electron chi connectivity index (χ3n) is 1.98. The van der Waals surface area contributed by atoms with E-state index in [1.54, 1.807) is 18.1 Å². The summed E-state index contributed by atoms with van der Waals surface area (Å²) in [7, 11) is 1.75. The molecule has 0 aliphatic rings. The Hall–Kier alpha value is -1.58. The van der Waals surface area contributed by atoms with Gasteiger partial charge in [0.25, 0.3) is 0 Å². The van der Waals surface area contributed by atoms with E-state index in [-0.39, 0.29) is 6.03 Å². The molecule has 0 fully saturated rings. The quantitative estimate of drug-likeness (QED) is 0.779. The molecule has 1 N–H and O–H groups in total. The maximum absolute atomic E-state index is 11.4. The maximum atomic E-state index is 11.4. The van der Waals surface area contributed by atoms with Crippen molar-refractivity contribution in [1.29, 1.82) is 0 Å². The normalized spacial score (nSPS) is 9.64. The topological polar surface area (TPSA) is 45.2 Å². The van der Waals surface area contributed by atoms with E-state index in [2.05, 4.69) is 10.3 Å². The zero-order valence-electron chi connectivity index (χ0n) is 8.74. The molecular weight excluding hydrogens is 178 g/mol. The van der Waals surface area contributed by atoms with E-state index in [1.807, 2.05) is 26.0 Å². The van der Waals surface area contributed by atoms with Crippen molar-refractivity contribution in [2.45, 2.75) is 13.8 Å². The first-order valence-electron chi connectivity index (χ1n) is 4.58. The molecule has 1 aromatic heterocycles. The number of amides is 2. The van der Waals surface area contributed by atoms with Gasteiger partial charge in [-0.3, -0.25) is 4.98 Å². The highest BCUT2D eigenvalue weighted by Gasteiger charge is 2.05. The average molecular weight is 193 g/mol. The Morgan fingerprint density at radius 3 is 2.79 bits per heavy atom. The van der Waals surface area contributed by atoms with Crippen molar-refractivity contribution in [3.05, 3.63) is 24.0 Å².